The first-order valence-electron chi connectivity index (χ1n) is 9.90. The third-order valence-corrected chi connectivity index (χ3v) is 6.07. The van der Waals surface area contributed by atoms with Crippen molar-refractivity contribution in [3.63, 3.8) is 0 Å². The number of carbonyl (C=O) groups is 1. The van der Waals surface area contributed by atoms with E-state index >= 15 is 0 Å². The van der Waals surface area contributed by atoms with E-state index in [1.165, 1.54) is 24.8 Å². The van der Waals surface area contributed by atoms with Gasteiger partial charge >= 0.3 is 0 Å². The summed E-state index contributed by atoms with van der Waals surface area (Å²) in [5, 5.41) is 0.980. The molecule has 0 spiro atoms. The van der Waals surface area contributed by atoms with Gasteiger partial charge in [-0.15, -0.1) is 0 Å². The maximum atomic E-state index is 12.5. The van der Waals surface area contributed by atoms with Gasteiger partial charge in [0.25, 0.3) is 0 Å². The van der Waals surface area contributed by atoms with E-state index < -0.39 is 0 Å². The number of ether oxygens (including phenoxy) is 1. The van der Waals surface area contributed by atoms with E-state index in [0.717, 1.165) is 35.1 Å². The fourth-order valence-corrected chi connectivity index (χ4v) is 4.21. The smallest absolute Gasteiger partial charge is 0.198 e. The van der Waals surface area contributed by atoms with Gasteiger partial charge in [0.1, 0.15) is 11.3 Å². The van der Waals surface area contributed by atoms with Crippen molar-refractivity contribution in [1.82, 2.24) is 0 Å². The highest BCUT2D eigenvalue weighted by Crippen LogP contribution is 2.47. The summed E-state index contributed by atoms with van der Waals surface area (Å²) < 4.78 is 11.9. The molecule has 0 fully saturated rings. The first-order valence-corrected chi connectivity index (χ1v) is 9.90. The van der Waals surface area contributed by atoms with Crippen LogP contribution in [0.3, 0.4) is 0 Å². The molecule has 2 aromatic rings. The summed E-state index contributed by atoms with van der Waals surface area (Å²) in [6.07, 6.45) is 6.21. The molecule has 1 aliphatic rings. The highest BCUT2D eigenvalue weighted by Gasteiger charge is 2.38. The summed E-state index contributed by atoms with van der Waals surface area (Å²) in [5.41, 5.74) is 2.99. The van der Waals surface area contributed by atoms with Gasteiger partial charge in [-0.3, -0.25) is 4.79 Å². The minimum atomic E-state index is -0.0834. The van der Waals surface area contributed by atoms with Crippen LogP contribution in [0.1, 0.15) is 94.8 Å². The molecule has 0 bridgehead atoms. The molecule has 0 atom stereocenters. The summed E-state index contributed by atoms with van der Waals surface area (Å²) in [6, 6.07) is 4.28. The Hall–Kier alpha value is -1.77. The lowest BCUT2D eigenvalue weighted by Gasteiger charge is -2.29. The van der Waals surface area contributed by atoms with Crippen molar-refractivity contribution >= 4 is 16.8 Å². The Balaban J connectivity index is 2.16. The molecule has 0 radical (unpaired) electrons. The Morgan fingerprint density at radius 3 is 2.62 bits per heavy atom. The van der Waals surface area contributed by atoms with Crippen LogP contribution < -0.4 is 4.74 Å². The van der Waals surface area contributed by atoms with Crippen molar-refractivity contribution < 1.29 is 13.9 Å². The van der Waals surface area contributed by atoms with E-state index in [1.807, 2.05) is 0 Å². The van der Waals surface area contributed by atoms with Crippen molar-refractivity contribution in [3.05, 3.63) is 29.0 Å². The normalized spacial score (nSPS) is 16.8. The molecule has 1 heterocycles. The van der Waals surface area contributed by atoms with Crippen LogP contribution in [0, 0.1) is 0 Å². The molecule has 0 N–H and O–H groups in total. The summed E-state index contributed by atoms with van der Waals surface area (Å²) in [5.74, 6) is 1.48. The molecule has 1 aromatic heterocycles. The predicted octanol–water partition coefficient (Wildman–Crippen LogP) is 6.55. The minimum Gasteiger partial charge on any atom is -0.496 e. The van der Waals surface area contributed by atoms with Crippen LogP contribution in [0.25, 0.3) is 11.0 Å². The third kappa shape index (κ3) is 3.17. The van der Waals surface area contributed by atoms with Crippen LogP contribution >= 0.6 is 0 Å². The molecule has 0 aliphatic heterocycles. The SMILES string of the molecule is CCCCCC(C)(C)c1cc(OC)c2c3c(oc2c1)C(=O)CCC3(C)C. The highest BCUT2D eigenvalue weighted by atomic mass is 16.5. The van der Waals surface area contributed by atoms with Crippen LogP contribution in [0.15, 0.2) is 16.5 Å². The number of hydrogen-bond donors (Lipinski definition) is 0. The van der Waals surface area contributed by atoms with E-state index in [9.17, 15) is 4.79 Å². The fraction of sp³-hybridized carbons (Fsp3) is 0.609. The molecule has 26 heavy (non-hydrogen) atoms. The van der Waals surface area contributed by atoms with Crippen LogP contribution in [0.4, 0.5) is 0 Å². The molecule has 142 valence electrons. The van der Waals surface area contributed by atoms with Crippen molar-refractivity contribution in [1.29, 1.82) is 0 Å². The monoisotopic (exact) mass is 356 g/mol. The number of unbranched alkanes of at least 4 members (excludes halogenated alkanes) is 2. The molecule has 3 heteroatoms. The quantitative estimate of drug-likeness (QED) is 0.551. The lowest BCUT2D eigenvalue weighted by atomic mass is 9.73. The van der Waals surface area contributed by atoms with Gasteiger partial charge in [0.2, 0.25) is 0 Å². The number of hydrogen-bond acceptors (Lipinski definition) is 3. The van der Waals surface area contributed by atoms with Crippen LogP contribution in [-0.4, -0.2) is 12.9 Å². The molecule has 3 rings (SSSR count). The van der Waals surface area contributed by atoms with E-state index in [2.05, 4.69) is 46.8 Å². The van der Waals surface area contributed by atoms with E-state index in [-0.39, 0.29) is 16.6 Å². The Morgan fingerprint density at radius 2 is 1.96 bits per heavy atom. The molecule has 1 aliphatic carbocycles. The van der Waals surface area contributed by atoms with Crippen molar-refractivity contribution in [2.45, 2.75) is 84.0 Å². The number of furan rings is 1. The minimum absolute atomic E-state index is 0.0451. The first-order chi connectivity index (χ1) is 12.2. The Labute approximate surface area is 157 Å². The average molecular weight is 357 g/mol. The number of fused-ring (bicyclic) bond motifs is 3. The Morgan fingerprint density at radius 1 is 1.23 bits per heavy atom. The average Bonchev–Trinajstić information content (AvgIpc) is 2.99. The van der Waals surface area contributed by atoms with Gasteiger partial charge < -0.3 is 9.15 Å². The molecule has 1 aromatic carbocycles. The zero-order valence-electron chi connectivity index (χ0n) is 17.1. The highest BCUT2D eigenvalue weighted by molar-refractivity contribution is 6.04. The molecule has 0 saturated carbocycles. The van der Waals surface area contributed by atoms with Gasteiger partial charge in [-0.1, -0.05) is 53.9 Å². The molecule has 0 saturated heterocycles. The van der Waals surface area contributed by atoms with E-state index in [1.54, 1.807) is 7.11 Å². The topological polar surface area (TPSA) is 39.4 Å². The van der Waals surface area contributed by atoms with Gasteiger partial charge in [0, 0.05) is 12.0 Å². The lowest BCUT2D eigenvalue weighted by Crippen LogP contribution is -2.26. The maximum absolute atomic E-state index is 12.5. The van der Waals surface area contributed by atoms with Gasteiger partial charge in [0.15, 0.2) is 11.5 Å². The van der Waals surface area contributed by atoms with Crippen molar-refractivity contribution in [3.8, 4) is 5.75 Å². The van der Waals surface area contributed by atoms with Crippen LogP contribution in [0.2, 0.25) is 0 Å². The Bertz CT molecular complexity index is 824. The second-order valence-electron chi connectivity index (χ2n) is 9.01. The molecule has 0 unspecified atom stereocenters. The second-order valence-corrected chi connectivity index (χ2v) is 9.01. The standard InChI is InChI=1S/C23H32O3/c1-7-8-9-11-22(2,3)15-13-17(25-6)19-18(14-15)26-21-16(24)10-12-23(4,5)20(19)21/h13-14H,7-12H2,1-6H3. The van der Waals surface area contributed by atoms with Gasteiger partial charge in [-0.25, -0.2) is 0 Å². The number of carbonyl (C=O) groups excluding carboxylic acids is 1. The van der Waals surface area contributed by atoms with Gasteiger partial charge in [-0.05, 0) is 41.4 Å². The summed E-state index contributed by atoms with van der Waals surface area (Å²) >= 11 is 0. The lowest BCUT2D eigenvalue weighted by molar-refractivity contribution is 0.0928. The van der Waals surface area contributed by atoms with Gasteiger partial charge in [-0.2, -0.15) is 0 Å². The second kappa shape index (κ2) is 6.75. The van der Waals surface area contributed by atoms with E-state index in [4.69, 9.17) is 9.15 Å². The molecule has 0 amide bonds. The summed E-state index contributed by atoms with van der Waals surface area (Å²) in [7, 11) is 1.71. The summed E-state index contributed by atoms with van der Waals surface area (Å²) in [4.78, 5) is 12.5. The first kappa shape index (κ1) is 19.0. The molecule has 3 nitrogen and oxygen atoms in total. The molecular weight excluding hydrogens is 324 g/mol. The number of ketones is 1. The maximum Gasteiger partial charge on any atom is 0.198 e. The number of rotatable bonds is 6. The van der Waals surface area contributed by atoms with Crippen molar-refractivity contribution in [2.24, 2.45) is 0 Å². The fourth-order valence-electron chi connectivity index (χ4n) is 4.21. The zero-order valence-corrected chi connectivity index (χ0v) is 17.1. The summed E-state index contributed by atoms with van der Waals surface area (Å²) in [6.45, 7) is 11.2. The Kier molecular flexibility index (Phi) is 4.94. The molecular formula is C23H32O3. The third-order valence-electron chi connectivity index (χ3n) is 6.07. The van der Waals surface area contributed by atoms with Crippen molar-refractivity contribution in [2.75, 3.05) is 7.11 Å². The number of Topliss-reactive ketones (excluding diaryl/α,β-unsaturated/α-hetero) is 1. The number of methoxy groups -OCH3 is 1. The number of benzene rings is 1. The predicted molar refractivity (Wildman–Crippen MR) is 107 cm³/mol. The largest absolute Gasteiger partial charge is 0.496 e. The van der Waals surface area contributed by atoms with Crippen LogP contribution in [-0.2, 0) is 10.8 Å². The van der Waals surface area contributed by atoms with Gasteiger partial charge in [0.05, 0.1) is 12.5 Å². The van der Waals surface area contributed by atoms with Crippen LogP contribution in [0.5, 0.6) is 5.75 Å². The zero-order chi connectivity index (χ0) is 19.1. The van der Waals surface area contributed by atoms with E-state index in [0.29, 0.717) is 12.2 Å².